The van der Waals surface area contributed by atoms with E-state index in [0.717, 1.165) is 11.8 Å². The molecular weight excluding hydrogens is 379 g/mol. The molecule has 0 fully saturated rings. The molecule has 0 spiro atoms. The molecule has 0 bridgehead atoms. The van der Waals surface area contributed by atoms with Gasteiger partial charge >= 0.3 is 12.1 Å². The third-order valence-corrected chi connectivity index (χ3v) is 5.43. The molecule has 1 aromatic carbocycles. The number of esters is 1. The van der Waals surface area contributed by atoms with Gasteiger partial charge in [0.15, 0.2) is 5.78 Å². The van der Waals surface area contributed by atoms with Crippen molar-refractivity contribution in [3.8, 4) is 0 Å². The quantitative estimate of drug-likeness (QED) is 0.781. The normalized spacial score (nSPS) is 17.9. The van der Waals surface area contributed by atoms with Gasteiger partial charge in [-0.25, -0.2) is 4.79 Å². The van der Waals surface area contributed by atoms with Crippen LogP contribution in [-0.2, 0) is 14.3 Å². The van der Waals surface area contributed by atoms with Crippen LogP contribution in [0.15, 0.2) is 52.2 Å². The van der Waals surface area contributed by atoms with Crippen LogP contribution in [0.3, 0.4) is 0 Å². The van der Waals surface area contributed by atoms with Gasteiger partial charge in [0.2, 0.25) is 0 Å². The summed E-state index contributed by atoms with van der Waals surface area (Å²) in [5.74, 6) is -2.70. The van der Waals surface area contributed by atoms with E-state index in [-0.39, 0.29) is 11.3 Å². The summed E-state index contributed by atoms with van der Waals surface area (Å²) in [5.41, 5.74) is -1.14. The number of ketones is 1. The Hall–Kier alpha value is -2.61. The summed E-state index contributed by atoms with van der Waals surface area (Å²) < 4.78 is 46.6. The Balaban J connectivity index is 2.38. The Bertz CT molecular complexity index is 1000. The number of rotatable bonds is 3. The minimum absolute atomic E-state index is 0.0720. The molecule has 0 amide bonds. The number of thiophene rings is 1. The van der Waals surface area contributed by atoms with Gasteiger partial charge in [0.1, 0.15) is 5.70 Å². The molecule has 0 saturated heterocycles. The number of methoxy groups -OCH3 is 1. The van der Waals surface area contributed by atoms with E-state index in [0.29, 0.717) is 10.9 Å². The number of Topliss-reactive ketones (excluding diaryl/α,β-unsaturated/α-hetero) is 1. The highest BCUT2D eigenvalue weighted by Gasteiger charge is 2.46. The number of hydrogen-bond donors (Lipinski definition) is 1. The lowest BCUT2D eigenvalue weighted by atomic mass is 9.78. The minimum atomic E-state index is -4.81. The van der Waals surface area contributed by atoms with Crippen molar-refractivity contribution >= 4 is 33.2 Å². The first kappa shape index (κ1) is 19.2. The first-order valence-electron chi connectivity index (χ1n) is 8.01. The first-order valence-corrected chi connectivity index (χ1v) is 8.89. The third kappa shape index (κ3) is 3.25. The Morgan fingerprint density at radius 2 is 1.85 bits per heavy atom. The number of nitrogens with one attached hydrogen (secondary N) is 1. The van der Waals surface area contributed by atoms with E-state index in [1.54, 1.807) is 17.5 Å². The molecule has 4 nitrogen and oxygen atoms in total. The maximum absolute atomic E-state index is 13.7. The summed E-state index contributed by atoms with van der Waals surface area (Å²) in [6.45, 7) is 2.67. The molecule has 142 valence electrons. The lowest BCUT2D eigenvalue weighted by Crippen LogP contribution is -2.37. The van der Waals surface area contributed by atoms with Crippen LogP contribution >= 0.6 is 11.3 Å². The van der Waals surface area contributed by atoms with Gasteiger partial charge in [0.05, 0.1) is 12.7 Å². The van der Waals surface area contributed by atoms with Crippen molar-refractivity contribution < 1.29 is 27.5 Å². The lowest BCUT2D eigenvalue weighted by Gasteiger charge is -2.31. The summed E-state index contributed by atoms with van der Waals surface area (Å²) in [6.07, 6.45) is -4.81. The van der Waals surface area contributed by atoms with Crippen molar-refractivity contribution in [2.24, 2.45) is 0 Å². The van der Waals surface area contributed by atoms with Gasteiger partial charge in [-0.1, -0.05) is 18.2 Å². The second kappa shape index (κ2) is 6.84. The monoisotopic (exact) mass is 395 g/mol. The van der Waals surface area contributed by atoms with Crippen LogP contribution in [-0.4, -0.2) is 25.0 Å². The van der Waals surface area contributed by atoms with Crippen molar-refractivity contribution in [3.63, 3.8) is 0 Å². The van der Waals surface area contributed by atoms with Crippen LogP contribution in [0.1, 0.15) is 25.3 Å². The summed E-state index contributed by atoms with van der Waals surface area (Å²) in [6, 6.07) is 7.17. The van der Waals surface area contributed by atoms with E-state index in [1.807, 2.05) is 12.1 Å². The van der Waals surface area contributed by atoms with Crippen LogP contribution in [0.25, 0.3) is 10.1 Å². The van der Waals surface area contributed by atoms with E-state index < -0.39 is 35.1 Å². The molecule has 2 aromatic rings. The molecule has 1 N–H and O–H groups in total. The standard InChI is InChI=1S/C19H16F3NO3S/c1-9-14(10(2)24)15(12-8-27-13-7-5-4-6-11(12)13)16(18(25)26-3)17(23-9)19(20,21)22/h4-8,15,23H,1-3H3. The molecule has 0 saturated carbocycles. The predicted molar refractivity (Wildman–Crippen MR) is 96.2 cm³/mol. The summed E-state index contributed by atoms with van der Waals surface area (Å²) >= 11 is 1.34. The van der Waals surface area contributed by atoms with Crippen molar-refractivity contribution in [2.45, 2.75) is 25.9 Å². The summed E-state index contributed by atoms with van der Waals surface area (Å²) in [4.78, 5) is 24.7. The molecule has 27 heavy (non-hydrogen) atoms. The molecule has 0 radical (unpaired) electrons. The highest BCUT2D eigenvalue weighted by molar-refractivity contribution is 7.17. The number of carbonyl (C=O) groups is 2. The van der Waals surface area contributed by atoms with E-state index in [4.69, 9.17) is 0 Å². The zero-order chi connectivity index (χ0) is 19.9. The number of allylic oxidation sites excluding steroid dienone is 3. The van der Waals surface area contributed by atoms with Gasteiger partial charge in [0, 0.05) is 21.9 Å². The van der Waals surface area contributed by atoms with Crippen LogP contribution < -0.4 is 5.32 Å². The van der Waals surface area contributed by atoms with E-state index in [1.165, 1.54) is 25.2 Å². The maximum atomic E-state index is 13.7. The van der Waals surface area contributed by atoms with E-state index in [9.17, 15) is 22.8 Å². The molecule has 1 unspecified atom stereocenters. The Morgan fingerprint density at radius 3 is 2.44 bits per heavy atom. The molecule has 1 aliphatic heterocycles. The highest BCUT2D eigenvalue weighted by atomic mass is 32.1. The van der Waals surface area contributed by atoms with Gasteiger partial charge in [-0.3, -0.25) is 4.79 Å². The number of benzene rings is 1. The van der Waals surface area contributed by atoms with Crippen LogP contribution in [0, 0.1) is 0 Å². The molecule has 0 aliphatic carbocycles. The van der Waals surface area contributed by atoms with Crippen molar-refractivity contribution in [3.05, 3.63) is 57.7 Å². The molecule has 8 heteroatoms. The number of carbonyl (C=O) groups excluding carboxylic acids is 2. The van der Waals surface area contributed by atoms with Crippen molar-refractivity contribution in [1.82, 2.24) is 5.32 Å². The molecule has 2 heterocycles. The number of dihydropyridines is 1. The Labute approximate surface area is 157 Å². The predicted octanol–water partition coefficient (Wildman–Crippen LogP) is 4.44. The smallest absolute Gasteiger partial charge is 0.431 e. The molecule has 1 aliphatic rings. The number of hydrogen-bond acceptors (Lipinski definition) is 5. The molecule has 1 aromatic heterocycles. The topological polar surface area (TPSA) is 55.4 Å². The van der Waals surface area contributed by atoms with E-state index >= 15 is 0 Å². The zero-order valence-corrected chi connectivity index (χ0v) is 15.5. The van der Waals surface area contributed by atoms with Gasteiger partial charge in [-0.15, -0.1) is 11.3 Å². The van der Waals surface area contributed by atoms with E-state index in [2.05, 4.69) is 10.1 Å². The second-order valence-corrected chi connectivity index (χ2v) is 7.03. The van der Waals surface area contributed by atoms with Crippen LogP contribution in [0.5, 0.6) is 0 Å². The average Bonchev–Trinajstić information content (AvgIpc) is 3.02. The first-order chi connectivity index (χ1) is 12.7. The highest BCUT2D eigenvalue weighted by Crippen LogP contribution is 2.46. The summed E-state index contributed by atoms with van der Waals surface area (Å²) in [7, 11) is 1.02. The maximum Gasteiger partial charge on any atom is 0.431 e. The Kier molecular flexibility index (Phi) is 4.86. The number of fused-ring (bicyclic) bond motifs is 1. The van der Waals surface area contributed by atoms with Gasteiger partial charge in [-0.2, -0.15) is 13.2 Å². The number of ether oxygens (including phenoxy) is 1. The summed E-state index contributed by atoms with van der Waals surface area (Å²) in [5, 5.41) is 4.60. The fraction of sp³-hybridized carbons (Fsp3) is 0.263. The van der Waals surface area contributed by atoms with Gasteiger partial charge < -0.3 is 10.1 Å². The van der Waals surface area contributed by atoms with Gasteiger partial charge in [0.25, 0.3) is 0 Å². The Morgan fingerprint density at radius 1 is 1.19 bits per heavy atom. The van der Waals surface area contributed by atoms with Gasteiger partial charge in [-0.05, 0) is 36.2 Å². The fourth-order valence-corrected chi connectivity index (χ4v) is 4.37. The molecule has 3 rings (SSSR count). The minimum Gasteiger partial charge on any atom is -0.466 e. The van der Waals surface area contributed by atoms with Crippen LogP contribution in [0.2, 0.25) is 0 Å². The third-order valence-electron chi connectivity index (χ3n) is 4.45. The second-order valence-electron chi connectivity index (χ2n) is 6.12. The van der Waals surface area contributed by atoms with Crippen molar-refractivity contribution in [2.75, 3.05) is 7.11 Å². The largest absolute Gasteiger partial charge is 0.466 e. The van der Waals surface area contributed by atoms with Crippen molar-refractivity contribution in [1.29, 1.82) is 0 Å². The number of alkyl halides is 3. The molecular formula is C19H16F3NO3S. The SMILES string of the molecule is COC(=O)C1=C(C(F)(F)F)NC(C)=C(C(C)=O)C1c1csc2ccccc12. The average molecular weight is 395 g/mol. The lowest BCUT2D eigenvalue weighted by molar-refractivity contribution is -0.138. The fourth-order valence-electron chi connectivity index (χ4n) is 3.38. The number of halogens is 3. The molecule has 1 atom stereocenters. The van der Waals surface area contributed by atoms with Crippen LogP contribution in [0.4, 0.5) is 13.2 Å². The zero-order valence-electron chi connectivity index (χ0n) is 14.7.